The molecule has 32 heavy (non-hydrogen) atoms. The minimum Gasteiger partial charge on any atom is -0.504 e. The van der Waals surface area contributed by atoms with E-state index in [1.807, 2.05) is 12.1 Å². The molecule has 7 nitrogen and oxygen atoms in total. The predicted molar refractivity (Wildman–Crippen MR) is 122 cm³/mol. The van der Waals surface area contributed by atoms with Gasteiger partial charge in [0.1, 0.15) is 12.4 Å². The van der Waals surface area contributed by atoms with Crippen molar-refractivity contribution in [3.8, 4) is 23.0 Å². The van der Waals surface area contributed by atoms with Gasteiger partial charge in [-0.2, -0.15) is 5.10 Å². The second-order valence-electron chi connectivity index (χ2n) is 8.33. The van der Waals surface area contributed by atoms with E-state index in [9.17, 15) is 20.1 Å². The first-order chi connectivity index (χ1) is 15.1. The van der Waals surface area contributed by atoms with Crippen molar-refractivity contribution >= 4 is 12.1 Å². The Morgan fingerprint density at radius 3 is 2.22 bits per heavy atom. The molecule has 0 unspecified atom stereocenters. The molecule has 0 heterocycles. The highest BCUT2D eigenvalue weighted by atomic mass is 16.5. The molecular formula is C25H26N2O5. The number of aromatic hydroxyl groups is 3. The van der Waals surface area contributed by atoms with Crippen LogP contribution in [-0.2, 0) is 12.0 Å². The van der Waals surface area contributed by atoms with Crippen molar-refractivity contribution in [3.05, 3.63) is 82.9 Å². The molecule has 0 spiro atoms. The fraction of sp³-hybridized carbons (Fsp3) is 0.200. The Morgan fingerprint density at radius 1 is 0.938 bits per heavy atom. The maximum absolute atomic E-state index is 12.2. The van der Waals surface area contributed by atoms with Crippen molar-refractivity contribution in [2.45, 2.75) is 32.8 Å². The van der Waals surface area contributed by atoms with Gasteiger partial charge in [-0.15, -0.1) is 0 Å². The van der Waals surface area contributed by atoms with E-state index in [0.29, 0.717) is 12.2 Å². The lowest BCUT2D eigenvalue weighted by Gasteiger charge is -2.19. The number of phenols is 3. The molecule has 0 aliphatic rings. The largest absolute Gasteiger partial charge is 0.504 e. The summed E-state index contributed by atoms with van der Waals surface area (Å²) in [5, 5.41) is 32.3. The Balaban J connectivity index is 1.55. The molecule has 0 aliphatic carbocycles. The van der Waals surface area contributed by atoms with Gasteiger partial charge in [-0.1, -0.05) is 45.0 Å². The number of hydrogen-bond donors (Lipinski definition) is 4. The summed E-state index contributed by atoms with van der Waals surface area (Å²) in [4.78, 5) is 12.2. The lowest BCUT2D eigenvalue weighted by atomic mass is 9.87. The van der Waals surface area contributed by atoms with Gasteiger partial charge in [-0.25, -0.2) is 5.43 Å². The Kier molecular flexibility index (Phi) is 6.68. The van der Waals surface area contributed by atoms with Crippen LogP contribution in [0.1, 0.15) is 47.8 Å². The van der Waals surface area contributed by atoms with Gasteiger partial charge >= 0.3 is 0 Å². The fourth-order valence-corrected chi connectivity index (χ4v) is 2.88. The Morgan fingerprint density at radius 2 is 1.59 bits per heavy atom. The molecule has 3 aromatic carbocycles. The van der Waals surface area contributed by atoms with Gasteiger partial charge < -0.3 is 20.1 Å². The van der Waals surface area contributed by atoms with Gasteiger partial charge in [0.2, 0.25) is 5.75 Å². The third-order valence-corrected chi connectivity index (χ3v) is 4.87. The van der Waals surface area contributed by atoms with E-state index in [2.05, 4.69) is 43.4 Å². The number of carbonyl (C=O) groups excluding carboxylic acids is 1. The average Bonchev–Trinajstić information content (AvgIpc) is 2.77. The summed E-state index contributed by atoms with van der Waals surface area (Å²) in [7, 11) is 0. The number of nitrogens with one attached hydrogen (secondary N) is 1. The van der Waals surface area contributed by atoms with Crippen LogP contribution in [0.15, 0.2) is 65.8 Å². The number of hydrogen-bond acceptors (Lipinski definition) is 6. The van der Waals surface area contributed by atoms with Crippen molar-refractivity contribution in [2.24, 2.45) is 5.10 Å². The molecule has 0 atom stereocenters. The molecule has 3 rings (SSSR count). The van der Waals surface area contributed by atoms with Crippen molar-refractivity contribution in [2.75, 3.05) is 0 Å². The van der Waals surface area contributed by atoms with Crippen molar-refractivity contribution < 1.29 is 24.9 Å². The van der Waals surface area contributed by atoms with E-state index in [1.165, 1.54) is 23.9 Å². The van der Waals surface area contributed by atoms with Crippen LogP contribution in [0, 0.1) is 0 Å². The van der Waals surface area contributed by atoms with Gasteiger partial charge in [0, 0.05) is 11.1 Å². The van der Waals surface area contributed by atoms with Gasteiger partial charge in [-0.05, 0) is 52.9 Å². The summed E-state index contributed by atoms with van der Waals surface area (Å²) in [5.41, 5.74) is 5.13. The minimum atomic E-state index is -0.650. The number of phenolic OH excluding ortho intramolecular Hbond substituents is 3. The Bertz CT molecular complexity index is 1110. The molecular weight excluding hydrogens is 408 g/mol. The number of rotatable bonds is 6. The van der Waals surface area contributed by atoms with Crippen molar-refractivity contribution in [3.63, 3.8) is 0 Å². The third kappa shape index (κ3) is 5.57. The summed E-state index contributed by atoms with van der Waals surface area (Å²) < 4.78 is 5.82. The van der Waals surface area contributed by atoms with Crippen molar-refractivity contribution in [1.29, 1.82) is 0 Å². The van der Waals surface area contributed by atoms with Crippen LogP contribution in [0.3, 0.4) is 0 Å². The molecule has 1 amide bonds. The van der Waals surface area contributed by atoms with Crippen LogP contribution >= 0.6 is 0 Å². The maximum Gasteiger partial charge on any atom is 0.271 e. The number of benzene rings is 3. The first-order valence-corrected chi connectivity index (χ1v) is 10.0. The van der Waals surface area contributed by atoms with Gasteiger partial charge in [0.25, 0.3) is 5.91 Å². The van der Waals surface area contributed by atoms with Crippen LogP contribution < -0.4 is 10.2 Å². The summed E-state index contributed by atoms with van der Waals surface area (Å²) in [6.45, 7) is 6.86. The average molecular weight is 434 g/mol. The summed E-state index contributed by atoms with van der Waals surface area (Å²) in [6.07, 6.45) is 1.17. The van der Waals surface area contributed by atoms with E-state index in [-0.39, 0.29) is 11.0 Å². The lowest BCUT2D eigenvalue weighted by molar-refractivity contribution is 0.0955. The van der Waals surface area contributed by atoms with Crippen LogP contribution in [0.2, 0.25) is 0 Å². The zero-order chi connectivity index (χ0) is 23.3. The van der Waals surface area contributed by atoms with Gasteiger partial charge in [0.15, 0.2) is 11.5 Å². The molecule has 166 valence electrons. The quantitative estimate of drug-likeness (QED) is 0.260. The number of ether oxygens (including phenoxy) is 1. The fourth-order valence-electron chi connectivity index (χ4n) is 2.88. The van der Waals surface area contributed by atoms with E-state index in [0.717, 1.165) is 11.3 Å². The topological polar surface area (TPSA) is 111 Å². The molecule has 7 heteroatoms. The zero-order valence-electron chi connectivity index (χ0n) is 18.2. The van der Waals surface area contributed by atoms with Crippen LogP contribution in [0.4, 0.5) is 0 Å². The number of nitrogens with zero attached hydrogens (tertiary/aromatic N) is 1. The first-order valence-electron chi connectivity index (χ1n) is 10.0. The molecule has 0 saturated heterocycles. The van der Waals surface area contributed by atoms with E-state index < -0.39 is 23.2 Å². The van der Waals surface area contributed by atoms with Crippen LogP contribution in [0.5, 0.6) is 23.0 Å². The molecule has 0 radical (unpaired) electrons. The highest BCUT2D eigenvalue weighted by Crippen LogP contribution is 2.36. The molecule has 0 saturated carbocycles. The highest BCUT2D eigenvalue weighted by Gasteiger charge is 2.13. The van der Waals surface area contributed by atoms with E-state index in [1.54, 1.807) is 24.3 Å². The van der Waals surface area contributed by atoms with Gasteiger partial charge in [-0.3, -0.25) is 4.79 Å². The second kappa shape index (κ2) is 9.43. The molecule has 0 aliphatic heterocycles. The standard InChI is InChI=1S/C25H26N2O5/c1-25(2,3)19-9-11-20(12-10-19)32-15-16-4-6-17(7-5-16)24(31)27-26-14-18-8-13-21(28)23(30)22(18)29/h4-14,28-30H,15H2,1-3H3,(H,27,31)/b26-14+. The number of carbonyl (C=O) groups is 1. The van der Waals surface area contributed by atoms with Gasteiger partial charge in [0.05, 0.1) is 6.21 Å². The molecule has 3 aromatic rings. The number of hydrazone groups is 1. The van der Waals surface area contributed by atoms with E-state index >= 15 is 0 Å². The predicted octanol–water partition coefficient (Wildman–Crippen LogP) is 4.44. The Labute approximate surface area is 186 Å². The second-order valence-corrected chi connectivity index (χ2v) is 8.33. The van der Waals surface area contributed by atoms with Crippen LogP contribution in [0.25, 0.3) is 0 Å². The maximum atomic E-state index is 12.2. The van der Waals surface area contributed by atoms with Crippen LogP contribution in [-0.4, -0.2) is 27.4 Å². The third-order valence-electron chi connectivity index (χ3n) is 4.87. The SMILES string of the molecule is CC(C)(C)c1ccc(OCc2ccc(C(=O)N/N=C/c3ccc(O)c(O)c3O)cc2)cc1. The first kappa shape index (κ1) is 22.7. The molecule has 0 bridgehead atoms. The monoisotopic (exact) mass is 434 g/mol. The molecule has 4 N–H and O–H groups in total. The summed E-state index contributed by atoms with van der Waals surface area (Å²) in [5.74, 6) is -1.29. The summed E-state index contributed by atoms with van der Waals surface area (Å²) in [6, 6.07) is 17.5. The van der Waals surface area contributed by atoms with Crippen molar-refractivity contribution in [1.82, 2.24) is 5.43 Å². The summed E-state index contributed by atoms with van der Waals surface area (Å²) >= 11 is 0. The highest BCUT2D eigenvalue weighted by molar-refractivity contribution is 5.95. The Hall–Kier alpha value is -4.00. The van der Waals surface area contributed by atoms with E-state index in [4.69, 9.17) is 4.74 Å². The molecule has 0 aromatic heterocycles. The number of amides is 1. The zero-order valence-corrected chi connectivity index (χ0v) is 18.2. The molecule has 0 fully saturated rings. The minimum absolute atomic E-state index is 0.0885. The lowest BCUT2D eigenvalue weighted by Crippen LogP contribution is -2.17. The smallest absolute Gasteiger partial charge is 0.271 e. The normalized spacial score (nSPS) is 11.5.